The van der Waals surface area contributed by atoms with Gasteiger partial charge in [-0.3, -0.25) is 0 Å². The van der Waals surface area contributed by atoms with Crippen LogP contribution in [0.3, 0.4) is 0 Å². The van der Waals surface area contributed by atoms with Gasteiger partial charge in [-0.15, -0.1) is 0 Å². The number of aliphatic imine (C=N–C) groups is 4. The Morgan fingerprint density at radius 3 is 2.36 bits per heavy atom. The number of hydrogen-bond acceptors (Lipinski definition) is 8. The average Bonchev–Trinajstić information content (AvgIpc) is 3.72. The molecule has 0 bridgehead atoms. The van der Waals surface area contributed by atoms with Gasteiger partial charge in [-0.25, -0.2) is 24.9 Å². The van der Waals surface area contributed by atoms with Crippen LogP contribution in [0.5, 0.6) is 0 Å². The van der Waals surface area contributed by atoms with Crippen molar-refractivity contribution in [2.24, 2.45) is 20.0 Å². The number of guanidine groups is 2. The van der Waals surface area contributed by atoms with Gasteiger partial charge in [0.1, 0.15) is 6.34 Å². The highest BCUT2D eigenvalue weighted by Crippen LogP contribution is 2.38. The summed E-state index contributed by atoms with van der Waals surface area (Å²) in [6.45, 7) is 2.23. The molecule has 0 spiro atoms. The highest BCUT2D eigenvalue weighted by molar-refractivity contribution is 6.23. The van der Waals surface area contributed by atoms with Crippen LogP contribution in [0.4, 0.5) is 17.1 Å². The average molecular weight is 519 g/mol. The molecule has 4 heterocycles. The van der Waals surface area contributed by atoms with Crippen LogP contribution in [-0.4, -0.2) is 56.1 Å². The summed E-state index contributed by atoms with van der Waals surface area (Å²) in [4.78, 5) is 23.3. The third-order valence-electron chi connectivity index (χ3n) is 8.45. The predicted octanol–water partition coefficient (Wildman–Crippen LogP) is 5.83. The summed E-state index contributed by atoms with van der Waals surface area (Å²) in [5.74, 6) is 1.84. The quantitative estimate of drug-likeness (QED) is 0.505. The van der Waals surface area contributed by atoms with Gasteiger partial charge >= 0.3 is 0 Å². The molecule has 4 aliphatic heterocycles. The summed E-state index contributed by atoms with van der Waals surface area (Å²) in [7, 11) is 3.96. The lowest BCUT2D eigenvalue weighted by molar-refractivity contribution is 0.723. The largest absolute Gasteiger partial charge is 0.388 e. The van der Waals surface area contributed by atoms with E-state index in [-0.39, 0.29) is 0 Å². The molecular weight excluding hydrogens is 484 g/mol. The molecule has 1 saturated carbocycles. The molecule has 1 aliphatic carbocycles. The third-order valence-corrected chi connectivity index (χ3v) is 8.45. The Kier molecular flexibility index (Phi) is 6.02. The number of nitrogens with zero attached hydrogens (tertiary/aromatic N) is 6. The Labute approximate surface area is 229 Å². The summed E-state index contributed by atoms with van der Waals surface area (Å²) in [5.41, 5.74) is 9.66. The standard InChI is InChI=1S/C31H34N8/c1-32-26-15-21(20-7-3-4-8-20)9-11-24(26)28-17-23-18-29(37-31-35-19-34-30(36-28)39(23)31)25-12-10-22(16-27(25)33-2)38-13-5-6-14-38/h9-12,15-20,32-33H,3-8,13-14H2,1-2H3. The summed E-state index contributed by atoms with van der Waals surface area (Å²) in [5, 5.41) is 6.82. The molecule has 39 heavy (non-hydrogen) atoms. The summed E-state index contributed by atoms with van der Waals surface area (Å²) in [6.07, 6.45) is 13.5. The molecule has 0 amide bonds. The summed E-state index contributed by atoms with van der Waals surface area (Å²) in [6, 6.07) is 13.4. The van der Waals surface area contributed by atoms with Crippen molar-refractivity contribution in [2.45, 2.75) is 44.4 Å². The van der Waals surface area contributed by atoms with Gasteiger partial charge in [-0.2, -0.15) is 0 Å². The lowest BCUT2D eigenvalue weighted by Gasteiger charge is -2.32. The van der Waals surface area contributed by atoms with Gasteiger partial charge in [0.15, 0.2) is 0 Å². The smallest absolute Gasteiger partial charge is 0.239 e. The molecular formula is C31H34N8. The van der Waals surface area contributed by atoms with E-state index in [1.807, 2.05) is 19.0 Å². The Bertz CT molecular complexity index is 1430. The van der Waals surface area contributed by atoms with Gasteiger partial charge in [0.2, 0.25) is 11.9 Å². The third kappa shape index (κ3) is 4.24. The minimum atomic E-state index is 0.586. The van der Waals surface area contributed by atoms with E-state index in [1.165, 1.54) is 49.8 Å². The van der Waals surface area contributed by atoms with Crippen LogP contribution >= 0.6 is 0 Å². The first-order valence-corrected chi connectivity index (χ1v) is 14.1. The first-order valence-electron chi connectivity index (χ1n) is 14.1. The molecule has 2 aromatic carbocycles. The molecule has 0 aromatic heterocycles. The molecule has 0 radical (unpaired) electrons. The molecule has 2 N–H and O–H groups in total. The maximum absolute atomic E-state index is 4.94. The van der Waals surface area contributed by atoms with Crippen LogP contribution < -0.4 is 15.5 Å². The molecule has 0 unspecified atom stereocenters. The van der Waals surface area contributed by atoms with Crippen molar-refractivity contribution >= 4 is 46.7 Å². The zero-order valence-electron chi connectivity index (χ0n) is 22.6. The van der Waals surface area contributed by atoms with E-state index in [0.29, 0.717) is 17.8 Å². The van der Waals surface area contributed by atoms with Crippen molar-refractivity contribution in [2.75, 3.05) is 42.7 Å². The van der Waals surface area contributed by atoms with Crippen molar-refractivity contribution in [3.8, 4) is 0 Å². The maximum atomic E-state index is 4.94. The van der Waals surface area contributed by atoms with Crippen LogP contribution in [0.1, 0.15) is 61.1 Å². The Balaban J connectivity index is 1.28. The maximum Gasteiger partial charge on any atom is 0.239 e. The number of benzene rings is 2. The number of anilines is 3. The molecule has 2 aromatic rings. The summed E-state index contributed by atoms with van der Waals surface area (Å²) < 4.78 is 0. The predicted molar refractivity (Wildman–Crippen MR) is 162 cm³/mol. The topological polar surface area (TPSA) is 80.0 Å². The van der Waals surface area contributed by atoms with Gasteiger partial charge in [0, 0.05) is 55.4 Å². The monoisotopic (exact) mass is 518 g/mol. The zero-order chi connectivity index (χ0) is 26.3. The fourth-order valence-corrected chi connectivity index (χ4v) is 6.37. The van der Waals surface area contributed by atoms with Crippen LogP contribution in [0.2, 0.25) is 0 Å². The second kappa shape index (κ2) is 9.84. The van der Waals surface area contributed by atoms with E-state index in [4.69, 9.17) is 9.98 Å². The molecule has 198 valence electrons. The number of allylic oxidation sites excluding steroid dienone is 2. The van der Waals surface area contributed by atoms with E-state index in [1.54, 1.807) is 6.34 Å². The molecule has 8 heteroatoms. The van der Waals surface area contributed by atoms with Crippen molar-refractivity contribution in [3.05, 3.63) is 70.9 Å². The number of nitrogens with one attached hydrogen (secondary N) is 2. The van der Waals surface area contributed by atoms with Gasteiger partial charge in [0.05, 0.1) is 17.1 Å². The molecule has 7 rings (SSSR count). The molecule has 5 aliphatic rings. The normalized spacial score (nSPS) is 20.2. The number of rotatable bonds is 6. The Morgan fingerprint density at radius 1 is 0.795 bits per heavy atom. The van der Waals surface area contributed by atoms with Crippen molar-refractivity contribution < 1.29 is 0 Å². The lowest BCUT2D eigenvalue weighted by Crippen LogP contribution is -2.40. The fraction of sp³-hybridized carbons (Fsp3) is 0.355. The first-order chi connectivity index (χ1) is 19.2. The second-order valence-corrected chi connectivity index (χ2v) is 10.7. The Morgan fingerprint density at radius 2 is 1.56 bits per heavy atom. The van der Waals surface area contributed by atoms with E-state index >= 15 is 0 Å². The van der Waals surface area contributed by atoms with Crippen molar-refractivity contribution in [1.29, 1.82) is 0 Å². The van der Waals surface area contributed by atoms with Crippen LogP contribution in [0.15, 0.2) is 74.2 Å². The van der Waals surface area contributed by atoms with Crippen LogP contribution in [0, 0.1) is 0 Å². The van der Waals surface area contributed by atoms with E-state index in [9.17, 15) is 0 Å². The second-order valence-electron chi connectivity index (χ2n) is 10.7. The van der Waals surface area contributed by atoms with Gasteiger partial charge in [0.25, 0.3) is 0 Å². The van der Waals surface area contributed by atoms with E-state index in [2.05, 4.69) is 74.1 Å². The van der Waals surface area contributed by atoms with Gasteiger partial charge in [-0.1, -0.05) is 25.0 Å². The van der Waals surface area contributed by atoms with Crippen molar-refractivity contribution in [1.82, 2.24) is 4.90 Å². The van der Waals surface area contributed by atoms with Gasteiger partial charge in [-0.05, 0) is 73.6 Å². The van der Waals surface area contributed by atoms with Crippen LogP contribution in [0.25, 0.3) is 5.70 Å². The van der Waals surface area contributed by atoms with Crippen LogP contribution in [-0.2, 0) is 0 Å². The first kappa shape index (κ1) is 23.9. The Hall–Kier alpha value is -4.20. The van der Waals surface area contributed by atoms with Crippen molar-refractivity contribution in [3.63, 3.8) is 0 Å². The number of hydrogen-bond donors (Lipinski definition) is 2. The van der Waals surface area contributed by atoms with Gasteiger partial charge < -0.3 is 15.5 Å². The van der Waals surface area contributed by atoms with E-state index in [0.717, 1.165) is 52.7 Å². The minimum absolute atomic E-state index is 0.586. The molecule has 2 fully saturated rings. The van der Waals surface area contributed by atoms with E-state index < -0.39 is 0 Å². The lowest BCUT2D eigenvalue weighted by atomic mass is 9.94. The molecule has 8 nitrogen and oxygen atoms in total. The highest BCUT2D eigenvalue weighted by Gasteiger charge is 2.32. The molecule has 1 saturated heterocycles. The fourth-order valence-electron chi connectivity index (χ4n) is 6.37. The highest BCUT2D eigenvalue weighted by atomic mass is 15.4. The summed E-state index contributed by atoms with van der Waals surface area (Å²) >= 11 is 0. The molecule has 0 atom stereocenters. The SMILES string of the molecule is CNc1cc(N2CCCC2)ccc1C1=CC2=CC(c3ccc(C4CCCC4)cc3NC)=NC3=NC=NC(=N1)N23. The zero-order valence-corrected chi connectivity index (χ0v) is 22.6. The minimum Gasteiger partial charge on any atom is -0.388 e.